The van der Waals surface area contributed by atoms with Gasteiger partial charge in [-0.3, -0.25) is 9.59 Å². The Morgan fingerprint density at radius 2 is 1.92 bits per heavy atom. The van der Waals surface area contributed by atoms with Crippen molar-refractivity contribution < 1.29 is 9.59 Å². The minimum absolute atomic E-state index is 0.0289. The van der Waals surface area contributed by atoms with Gasteiger partial charge in [-0.1, -0.05) is 0 Å². The number of carbonyl (C=O) groups excluding carboxylic acids is 2. The quantitative estimate of drug-likeness (QED) is 0.436. The van der Waals surface area contributed by atoms with E-state index in [1.165, 1.54) is 0 Å². The highest BCUT2D eigenvalue weighted by molar-refractivity contribution is 6.27. The normalized spacial score (nSPS) is 17.8. The Labute approximate surface area is 76.1 Å². The van der Waals surface area contributed by atoms with Crippen LogP contribution in [0.2, 0.25) is 0 Å². The zero-order valence-electron chi connectivity index (χ0n) is 6.70. The van der Waals surface area contributed by atoms with E-state index in [-0.39, 0.29) is 11.8 Å². The highest BCUT2D eigenvalue weighted by Crippen LogP contribution is 2.00. The fourth-order valence-electron chi connectivity index (χ4n) is 1.16. The smallest absolute Gasteiger partial charge is 0.237 e. The molecule has 0 aromatic carbocycles. The minimum atomic E-state index is -0.0535. The molecule has 1 fully saturated rings. The zero-order chi connectivity index (χ0) is 8.97. The summed E-state index contributed by atoms with van der Waals surface area (Å²) in [7, 11) is 0. The molecular weight excluding hydrogens is 180 g/mol. The Bertz CT molecular complexity index is 178. The van der Waals surface area contributed by atoms with E-state index in [1.807, 2.05) is 0 Å². The molecule has 68 valence electrons. The van der Waals surface area contributed by atoms with Gasteiger partial charge in [0.15, 0.2) is 0 Å². The third-order valence-corrected chi connectivity index (χ3v) is 2.16. The first-order chi connectivity index (χ1) is 5.77. The van der Waals surface area contributed by atoms with Crippen LogP contribution in [0.3, 0.4) is 0 Å². The van der Waals surface area contributed by atoms with Crippen molar-refractivity contribution in [1.82, 2.24) is 9.80 Å². The second-order valence-corrected chi connectivity index (χ2v) is 2.92. The molecule has 1 aliphatic rings. The molecule has 0 aliphatic carbocycles. The molecule has 0 bridgehead atoms. The van der Waals surface area contributed by atoms with Crippen molar-refractivity contribution in [1.29, 1.82) is 0 Å². The molecule has 1 aliphatic heterocycles. The van der Waals surface area contributed by atoms with E-state index in [4.69, 9.17) is 11.6 Å². The molecule has 0 aromatic rings. The summed E-state index contributed by atoms with van der Waals surface area (Å²) >= 11 is 5.38. The summed E-state index contributed by atoms with van der Waals surface area (Å²) in [4.78, 5) is 24.7. The lowest BCUT2D eigenvalue weighted by atomic mass is 10.3. The monoisotopic (exact) mass is 190 g/mol. The lowest BCUT2D eigenvalue weighted by Gasteiger charge is -2.32. The second-order valence-electron chi connectivity index (χ2n) is 2.66. The van der Waals surface area contributed by atoms with E-state index in [9.17, 15) is 9.59 Å². The number of piperazine rings is 1. The average Bonchev–Trinajstić information content (AvgIpc) is 2.17. The van der Waals surface area contributed by atoms with Gasteiger partial charge < -0.3 is 9.80 Å². The largest absolute Gasteiger partial charge is 0.342 e. The van der Waals surface area contributed by atoms with Crippen molar-refractivity contribution in [3.63, 3.8) is 0 Å². The van der Waals surface area contributed by atoms with E-state index >= 15 is 0 Å². The summed E-state index contributed by atoms with van der Waals surface area (Å²) in [6, 6.07) is 0. The number of hydrogen-bond donors (Lipinski definition) is 0. The molecule has 0 aromatic heterocycles. The maximum absolute atomic E-state index is 11.0. The predicted octanol–water partition coefficient (Wildman–Crippen LogP) is -0.474. The number of amides is 2. The van der Waals surface area contributed by atoms with Crippen LogP contribution in [0, 0.1) is 0 Å². The topological polar surface area (TPSA) is 40.6 Å². The van der Waals surface area contributed by atoms with Crippen LogP contribution in [0.25, 0.3) is 0 Å². The van der Waals surface area contributed by atoms with Crippen LogP contribution in [0.1, 0.15) is 0 Å². The van der Waals surface area contributed by atoms with Crippen LogP contribution in [0.15, 0.2) is 0 Å². The van der Waals surface area contributed by atoms with Crippen molar-refractivity contribution in [3.8, 4) is 0 Å². The zero-order valence-corrected chi connectivity index (χ0v) is 7.46. The highest BCUT2D eigenvalue weighted by Gasteiger charge is 2.18. The summed E-state index contributed by atoms with van der Waals surface area (Å²) in [6.45, 7) is 2.44. The van der Waals surface area contributed by atoms with Crippen LogP contribution in [0.4, 0.5) is 0 Å². The number of alkyl halides is 1. The Hall–Kier alpha value is -0.770. The van der Waals surface area contributed by atoms with Crippen LogP contribution < -0.4 is 0 Å². The van der Waals surface area contributed by atoms with E-state index < -0.39 is 0 Å². The maximum atomic E-state index is 11.0. The maximum Gasteiger partial charge on any atom is 0.237 e. The molecule has 0 saturated carbocycles. The summed E-state index contributed by atoms with van der Waals surface area (Å²) in [5.41, 5.74) is 0. The lowest BCUT2D eigenvalue weighted by molar-refractivity contribution is -0.132. The lowest BCUT2D eigenvalue weighted by Crippen LogP contribution is -2.48. The Kier molecular flexibility index (Phi) is 3.34. The number of nitrogens with zero attached hydrogens (tertiary/aromatic N) is 2. The fourth-order valence-corrected chi connectivity index (χ4v) is 1.33. The molecule has 2 amide bonds. The molecular formula is C7H11ClN2O2. The Balaban J connectivity index is 2.35. The van der Waals surface area contributed by atoms with Crippen LogP contribution in [-0.4, -0.2) is 54.2 Å². The van der Waals surface area contributed by atoms with Crippen molar-refractivity contribution >= 4 is 23.9 Å². The van der Waals surface area contributed by atoms with Gasteiger partial charge in [-0.25, -0.2) is 0 Å². The van der Waals surface area contributed by atoms with Crippen LogP contribution >= 0.6 is 11.6 Å². The highest BCUT2D eigenvalue weighted by atomic mass is 35.5. The van der Waals surface area contributed by atoms with Gasteiger partial charge in [0.2, 0.25) is 12.3 Å². The van der Waals surface area contributed by atoms with Gasteiger partial charge in [0.25, 0.3) is 0 Å². The molecule has 1 heterocycles. The molecule has 0 radical (unpaired) electrons. The molecule has 1 saturated heterocycles. The van der Waals surface area contributed by atoms with Crippen molar-refractivity contribution in [3.05, 3.63) is 0 Å². The van der Waals surface area contributed by atoms with E-state index in [2.05, 4.69) is 0 Å². The number of rotatable bonds is 2. The molecule has 0 unspecified atom stereocenters. The van der Waals surface area contributed by atoms with Gasteiger partial charge in [-0.2, -0.15) is 0 Å². The molecule has 12 heavy (non-hydrogen) atoms. The molecule has 5 heteroatoms. The van der Waals surface area contributed by atoms with Crippen molar-refractivity contribution in [2.24, 2.45) is 0 Å². The first-order valence-electron chi connectivity index (χ1n) is 3.81. The number of carbonyl (C=O) groups is 2. The number of hydrogen-bond acceptors (Lipinski definition) is 2. The summed E-state index contributed by atoms with van der Waals surface area (Å²) in [5.74, 6) is -0.0246. The van der Waals surface area contributed by atoms with Gasteiger partial charge >= 0.3 is 0 Å². The molecule has 0 N–H and O–H groups in total. The average molecular weight is 191 g/mol. The Morgan fingerprint density at radius 1 is 1.33 bits per heavy atom. The second kappa shape index (κ2) is 4.30. The van der Waals surface area contributed by atoms with Gasteiger partial charge in [0.1, 0.15) is 5.88 Å². The molecule has 1 rings (SSSR count). The van der Waals surface area contributed by atoms with Gasteiger partial charge in [-0.05, 0) is 0 Å². The summed E-state index contributed by atoms with van der Waals surface area (Å²) < 4.78 is 0. The first-order valence-corrected chi connectivity index (χ1v) is 4.34. The van der Waals surface area contributed by atoms with E-state index in [0.29, 0.717) is 26.2 Å². The third-order valence-electron chi connectivity index (χ3n) is 1.93. The van der Waals surface area contributed by atoms with Crippen LogP contribution in [0.5, 0.6) is 0 Å². The first kappa shape index (κ1) is 9.32. The predicted molar refractivity (Wildman–Crippen MR) is 44.9 cm³/mol. The SMILES string of the molecule is O=CN1CCN(C(=O)CCl)CC1. The summed E-state index contributed by atoms with van der Waals surface area (Å²) in [6.07, 6.45) is 0.808. The molecule has 0 atom stereocenters. The van der Waals surface area contributed by atoms with Gasteiger partial charge in [0.05, 0.1) is 0 Å². The molecule has 4 nitrogen and oxygen atoms in total. The fraction of sp³-hybridized carbons (Fsp3) is 0.714. The Morgan fingerprint density at radius 3 is 2.33 bits per heavy atom. The van der Waals surface area contributed by atoms with E-state index in [0.717, 1.165) is 6.41 Å². The summed E-state index contributed by atoms with van der Waals surface area (Å²) in [5, 5.41) is 0. The van der Waals surface area contributed by atoms with Crippen molar-refractivity contribution in [2.45, 2.75) is 0 Å². The molecule has 0 spiro atoms. The van der Waals surface area contributed by atoms with Gasteiger partial charge in [-0.15, -0.1) is 11.6 Å². The van der Waals surface area contributed by atoms with Crippen molar-refractivity contribution in [2.75, 3.05) is 32.1 Å². The third kappa shape index (κ3) is 2.11. The van der Waals surface area contributed by atoms with Gasteiger partial charge in [0, 0.05) is 26.2 Å². The number of halogens is 1. The van der Waals surface area contributed by atoms with E-state index in [1.54, 1.807) is 9.80 Å². The minimum Gasteiger partial charge on any atom is -0.342 e. The standard InChI is InChI=1S/C7H11ClN2O2/c8-5-7(12)10-3-1-9(6-11)2-4-10/h6H,1-5H2. The van der Waals surface area contributed by atoms with Crippen LogP contribution in [-0.2, 0) is 9.59 Å².